The molecule has 1 heterocycles. The van der Waals surface area contributed by atoms with Crippen LogP contribution in [0.5, 0.6) is 17.2 Å². The summed E-state index contributed by atoms with van der Waals surface area (Å²) < 4.78 is 45.4. The fourth-order valence-corrected chi connectivity index (χ4v) is 6.06. The van der Waals surface area contributed by atoms with E-state index in [9.17, 15) is 18.3 Å². The summed E-state index contributed by atoms with van der Waals surface area (Å²) in [5.74, 6) is 0.433. The molecule has 3 aromatic carbocycles. The molecule has 1 aliphatic rings. The first kappa shape index (κ1) is 29.7. The van der Waals surface area contributed by atoms with Crippen LogP contribution in [0, 0.1) is 0 Å². The second-order valence-corrected chi connectivity index (χ2v) is 12.3. The van der Waals surface area contributed by atoms with E-state index in [1.165, 1.54) is 10.4 Å². The van der Waals surface area contributed by atoms with Gasteiger partial charge >= 0.3 is 5.97 Å². The lowest BCUT2D eigenvalue weighted by molar-refractivity contribution is 0.0690. The van der Waals surface area contributed by atoms with Gasteiger partial charge in [0.1, 0.15) is 28.9 Å². The Kier molecular flexibility index (Phi) is 9.95. The Hall–Kier alpha value is -3.27. The second-order valence-electron chi connectivity index (χ2n) is 9.94. The molecule has 0 unspecified atom stereocenters. The van der Waals surface area contributed by atoms with Gasteiger partial charge in [-0.3, -0.25) is 0 Å². The van der Waals surface area contributed by atoms with Crippen molar-refractivity contribution in [2.24, 2.45) is 0 Å². The number of carbonyl (C=O) groups is 1. The van der Waals surface area contributed by atoms with E-state index in [1.54, 1.807) is 48.5 Å². The number of hydrogen-bond donors (Lipinski definition) is 1. The average Bonchev–Trinajstić information content (AvgIpc) is 2.94. The third kappa shape index (κ3) is 7.68. The Morgan fingerprint density at radius 3 is 2.35 bits per heavy atom. The van der Waals surface area contributed by atoms with Gasteiger partial charge in [0.2, 0.25) is 10.0 Å². The molecular weight excluding hydrogens is 554 g/mol. The zero-order valence-electron chi connectivity index (χ0n) is 22.6. The summed E-state index contributed by atoms with van der Waals surface area (Å²) in [5, 5.41) is 10.4. The van der Waals surface area contributed by atoms with Crippen LogP contribution in [0.1, 0.15) is 54.9 Å². The first-order valence-corrected chi connectivity index (χ1v) is 15.1. The SMILES string of the molecule is CC(C)c1ccc(S(=O)(=O)N2CCC[C@@H](Oc3ccc(OCCCOc4ccc(Cl)cc4)c(C(=O)O)c3)C2)cc1. The Morgan fingerprint density at radius 1 is 1.00 bits per heavy atom. The van der Waals surface area contributed by atoms with Crippen LogP contribution in [-0.4, -0.2) is 56.2 Å². The fourth-order valence-electron chi connectivity index (χ4n) is 4.42. The largest absolute Gasteiger partial charge is 0.493 e. The highest BCUT2D eigenvalue weighted by atomic mass is 35.5. The van der Waals surface area contributed by atoms with Gasteiger partial charge in [0.05, 0.1) is 24.7 Å². The van der Waals surface area contributed by atoms with E-state index in [0.717, 1.165) is 5.56 Å². The summed E-state index contributed by atoms with van der Waals surface area (Å²) in [6.45, 7) is 5.37. The van der Waals surface area contributed by atoms with Gasteiger partial charge in [-0.1, -0.05) is 37.6 Å². The molecule has 0 spiro atoms. The van der Waals surface area contributed by atoms with Gasteiger partial charge < -0.3 is 19.3 Å². The fraction of sp³-hybridized carbons (Fsp3) is 0.367. The van der Waals surface area contributed by atoms with Crippen molar-refractivity contribution >= 4 is 27.6 Å². The summed E-state index contributed by atoms with van der Waals surface area (Å²) in [7, 11) is -3.67. The van der Waals surface area contributed by atoms with Crippen LogP contribution in [0.25, 0.3) is 0 Å². The van der Waals surface area contributed by atoms with E-state index in [1.807, 2.05) is 12.1 Å². The molecule has 0 aromatic heterocycles. The summed E-state index contributed by atoms with van der Waals surface area (Å²) in [6.07, 6.45) is 1.44. The minimum Gasteiger partial charge on any atom is -0.493 e. The zero-order valence-corrected chi connectivity index (χ0v) is 24.2. The van der Waals surface area contributed by atoms with Crippen molar-refractivity contribution in [1.82, 2.24) is 4.31 Å². The van der Waals surface area contributed by atoms with Crippen molar-refractivity contribution in [2.75, 3.05) is 26.3 Å². The maximum Gasteiger partial charge on any atom is 0.339 e. The Balaban J connectivity index is 1.34. The van der Waals surface area contributed by atoms with E-state index in [0.29, 0.717) is 54.9 Å². The molecule has 0 bridgehead atoms. The van der Waals surface area contributed by atoms with E-state index in [-0.39, 0.29) is 29.4 Å². The molecule has 8 nitrogen and oxygen atoms in total. The first-order valence-electron chi connectivity index (χ1n) is 13.3. The monoisotopic (exact) mass is 587 g/mol. The maximum atomic E-state index is 13.3. The molecule has 3 aromatic rings. The lowest BCUT2D eigenvalue weighted by Gasteiger charge is -2.32. The standard InChI is InChI=1S/C30H34ClNO7S/c1-21(2)22-6-13-27(14-7-22)40(35,36)32-16-3-5-26(20-32)39-25-12-15-29(28(19-25)30(33)34)38-18-4-17-37-24-10-8-23(31)9-11-24/h6-15,19,21,26H,3-5,16-18,20H2,1-2H3,(H,33,34)/t26-/m1/s1. The van der Waals surface area contributed by atoms with Crippen molar-refractivity contribution in [3.63, 3.8) is 0 Å². The van der Waals surface area contributed by atoms with Gasteiger partial charge in [-0.15, -0.1) is 0 Å². The van der Waals surface area contributed by atoms with Gasteiger partial charge in [0, 0.05) is 18.0 Å². The molecule has 1 saturated heterocycles. The third-order valence-corrected chi connectivity index (χ3v) is 8.77. The molecule has 1 fully saturated rings. The normalized spacial score (nSPS) is 16.1. The molecule has 4 rings (SSSR count). The van der Waals surface area contributed by atoms with Crippen LogP contribution in [0.2, 0.25) is 5.02 Å². The van der Waals surface area contributed by atoms with Gasteiger partial charge in [-0.25, -0.2) is 13.2 Å². The predicted molar refractivity (Wildman–Crippen MR) is 153 cm³/mol. The topological polar surface area (TPSA) is 102 Å². The van der Waals surface area contributed by atoms with Crippen LogP contribution < -0.4 is 14.2 Å². The number of sulfonamides is 1. The Bertz CT molecular complexity index is 1390. The Labute approximate surface area is 240 Å². The number of benzene rings is 3. The summed E-state index contributed by atoms with van der Waals surface area (Å²) >= 11 is 5.87. The summed E-state index contributed by atoms with van der Waals surface area (Å²) in [5.41, 5.74) is 1.05. The molecule has 214 valence electrons. The van der Waals surface area contributed by atoms with E-state index in [2.05, 4.69) is 13.8 Å². The van der Waals surface area contributed by atoms with Crippen LogP contribution in [0.3, 0.4) is 0 Å². The van der Waals surface area contributed by atoms with Crippen LogP contribution in [-0.2, 0) is 10.0 Å². The highest BCUT2D eigenvalue weighted by Gasteiger charge is 2.31. The van der Waals surface area contributed by atoms with Crippen molar-refractivity contribution in [2.45, 2.75) is 50.0 Å². The number of ether oxygens (including phenoxy) is 3. The number of aromatic carboxylic acids is 1. The molecule has 0 amide bonds. The number of nitrogens with zero attached hydrogens (tertiary/aromatic N) is 1. The predicted octanol–water partition coefficient (Wildman–Crippen LogP) is 6.24. The number of rotatable bonds is 12. The van der Waals surface area contributed by atoms with Crippen LogP contribution >= 0.6 is 11.6 Å². The molecule has 1 atom stereocenters. The molecule has 1 aliphatic heterocycles. The lowest BCUT2D eigenvalue weighted by atomic mass is 10.0. The van der Waals surface area contributed by atoms with Crippen LogP contribution in [0.4, 0.5) is 0 Å². The minimum absolute atomic E-state index is 0.0263. The van der Waals surface area contributed by atoms with E-state index in [4.69, 9.17) is 25.8 Å². The van der Waals surface area contributed by atoms with E-state index >= 15 is 0 Å². The maximum absolute atomic E-state index is 13.3. The molecule has 0 radical (unpaired) electrons. The lowest BCUT2D eigenvalue weighted by Crippen LogP contribution is -2.44. The molecule has 0 saturated carbocycles. The quantitative estimate of drug-likeness (QED) is 0.250. The van der Waals surface area contributed by atoms with Crippen molar-refractivity contribution in [3.05, 3.63) is 82.9 Å². The molecule has 0 aliphatic carbocycles. The van der Waals surface area contributed by atoms with Crippen molar-refractivity contribution in [3.8, 4) is 17.2 Å². The number of piperidine rings is 1. The second kappa shape index (κ2) is 13.4. The number of carboxylic acids is 1. The molecular formula is C30H34ClNO7S. The third-order valence-electron chi connectivity index (χ3n) is 6.64. The zero-order chi connectivity index (χ0) is 28.7. The Morgan fingerprint density at radius 2 is 1.68 bits per heavy atom. The molecule has 1 N–H and O–H groups in total. The highest BCUT2D eigenvalue weighted by Crippen LogP contribution is 2.29. The summed E-state index contributed by atoms with van der Waals surface area (Å²) in [4.78, 5) is 12.2. The smallest absolute Gasteiger partial charge is 0.339 e. The number of carboxylic acid groups (broad SMARTS) is 1. The van der Waals surface area contributed by atoms with E-state index < -0.39 is 22.1 Å². The number of hydrogen-bond acceptors (Lipinski definition) is 6. The number of halogens is 1. The summed E-state index contributed by atoms with van der Waals surface area (Å²) in [6, 6.07) is 18.6. The molecule has 40 heavy (non-hydrogen) atoms. The first-order chi connectivity index (χ1) is 19.1. The van der Waals surface area contributed by atoms with Crippen LogP contribution in [0.15, 0.2) is 71.6 Å². The van der Waals surface area contributed by atoms with Gasteiger partial charge in [0.25, 0.3) is 0 Å². The van der Waals surface area contributed by atoms with Gasteiger partial charge in [-0.2, -0.15) is 4.31 Å². The van der Waals surface area contributed by atoms with Gasteiger partial charge in [-0.05, 0) is 78.9 Å². The average molecular weight is 588 g/mol. The minimum atomic E-state index is -3.67. The molecule has 10 heteroatoms. The van der Waals surface area contributed by atoms with Crippen molar-refractivity contribution in [1.29, 1.82) is 0 Å². The van der Waals surface area contributed by atoms with Gasteiger partial charge in [0.15, 0.2) is 0 Å². The highest BCUT2D eigenvalue weighted by molar-refractivity contribution is 7.89. The van der Waals surface area contributed by atoms with Crippen molar-refractivity contribution < 1.29 is 32.5 Å².